The fourth-order valence-corrected chi connectivity index (χ4v) is 4.70. The fraction of sp³-hybridized carbons (Fsp3) is 0.625. The Morgan fingerprint density at radius 3 is 2.56 bits per heavy atom. The summed E-state index contributed by atoms with van der Waals surface area (Å²) in [5, 5.41) is 15.8. The van der Waals surface area contributed by atoms with Gasteiger partial charge >= 0.3 is 0 Å². The van der Waals surface area contributed by atoms with Gasteiger partial charge < -0.3 is 15.2 Å². The summed E-state index contributed by atoms with van der Waals surface area (Å²) in [6.45, 7) is 5.62. The van der Waals surface area contributed by atoms with E-state index in [4.69, 9.17) is 4.99 Å². The van der Waals surface area contributed by atoms with Gasteiger partial charge in [0.2, 0.25) is 0 Å². The number of aryl methyl sites for hydroxylation is 1. The molecule has 1 atom stereocenters. The molecule has 7 nitrogen and oxygen atoms in total. The van der Waals surface area contributed by atoms with Crippen LogP contribution < -0.4 is 10.6 Å². The normalized spacial score (nSPS) is 20.2. The first kappa shape index (κ1) is 25.0. The van der Waals surface area contributed by atoms with Crippen LogP contribution in [0.15, 0.2) is 35.3 Å². The summed E-state index contributed by atoms with van der Waals surface area (Å²) in [6, 6.07) is 11.9. The molecule has 1 unspecified atom stereocenters. The van der Waals surface area contributed by atoms with Gasteiger partial charge in [0.05, 0.1) is 0 Å². The van der Waals surface area contributed by atoms with E-state index in [2.05, 4.69) is 56.1 Å². The Labute approximate surface area is 209 Å². The average Bonchev–Trinajstić information content (AvgIpc) is 3.37. The molecule has 0 bridgehead atoms. The SMILES string of the molecule is Cc1nnc(CN=C(NCC2CCCN2Cc2ccccc2)NC2CCCCC2)n1C.I. The van der Waals surface area contributed by atoms with Gasteiger partial charge in [0, 0.05) is 32.2 Å². The van der Waals surface area contributed by atoms with Crippen LogP contribution in [0.25, 0.3) is 0 Å². The predicted octanol–water partition coefficient (Wildman–Crippen LogP) is 3.77. The molecule has 4 rings (SSSR count). The lowest BCUT2D eigenvalue weighted by atomic mass is 9.96. The summed E-state index contributed by atoms with van der Waals surface area (Å²) in [5.74, 6) is 2.73. The molecule has 1 aromatic carbocycles. The number of nitrogens with zero attached hydrogens (tertiary/aromatic N) is 5. The molecule has 2 heterocycles. The van der Waals surface area contributed by atoms with Crippen molar-refractivity contribution in [2.75, 3.05) is 13.1 Å². The van der Waals surface area contributed by atoms with Crippen LogP contribution in [0.2, 0.25) is 0 Å². The minimum atomic E-state index is 0. The van der Waals surface area contributed by atoms with Crippen molar-refractivity contribution in [1.29, 1.82) is 0 Å². The summed E-state index contributed by atoms with van der Waals surface area (Å²) in [7, 11) is 2.00. The molecule has 8 heteroatoms. The molecule has 0 radical (unpaired) electrons. The van der Waals surface area contributed by atoms with Crippen molar-refractivity contribution in [2.45, 2.75) is 77.0 Å². The Balaban J connectivity index is 0.00000289. The highest BCUT2D eigenvalue weighted by molar-refractivity contribution is 14.0. The molecule has 1 aliphatic heterocycles. The van der Waals surface area contributed by atoms with E-state index in [1.165, 1.54) is 57.1 Å². The van der Waals surface area contributed by atoms with Crippen LogP contribution in [0.5, 0.6) is 0 Å². The van der Waals surface area contributed by atoms with Crippen LogP contribution in [0.1, 0.15) is 62.2 Å². The van der Waals surface area contributed by atoms with E-state index in [1.54, 1.807) is 0 Å². The lowest BCUT2D eigenvalue weighted by Gasteiger charge is -2.28. The second kappa shape index (κ2) is 12.5. The van der Waals surface area contributed by atoms with Crippen molar-refractivity contribution in [3.05, 3.63) is 47.5 Å². The Morgan fingerprint density at radius 2 is 1.84 bits per heavy atom. The maximum atomic E-state index is 4.88. The lowest BCUT2D eigenvalue weighted by Crippen LogP contribution is -2.48. The number of aliphatic imine (C=N–C) groups is 1. The number of hydrogen-bond acceptors (Lipinski definition) is 4. The summed E-state index contributed by atoms with van der Waals surface area (Å²) < 4.78 is 2.01. The highest BCUT2D eigenvalue weighted by Gasteiger charge is 2.25. The predicted molar refractivity (Wildman–Crippen MR) is 140 cm³/mol. The molecule has 0 spiro atoms. The largest absolute Gasteiger partial charge is 0.355 e. The van der Waals surface area contributed by atoms with Crippen LogP contribution in [0.3, 0.4) is 0 Å². The first-order valence-electron chi connectivity index (χ1n) is 11.9. The van der Waals surface area contributed by atoms with E-state index in [0.29, 0.717) is 18.6 Å². The number of likely N-dealkylation sites (tertiary alicyclic amines) is 1. The molecule has 1 aliphatic carbocycles. The van der Waals surface area contributed by atoms with E-state index in [9.17, 15) is 0 Å². The second-order valence-electron chi connectivity index (χ2n) is 9.00. The lowest BCUT2D eigenvalue weighted by molar-refractivity contribution is 0.245. The van der Waals surface area contributed by atoms with Crippen molar-refractivity contribution in [2.24, 2.45) is 12.0 Å². The molecule has 2 fully saturated rings. The summed E-state index contributed by atoms with van der Waals surface area (Å²) in [4.78, 5) is 7.49. The molecule has 1 aromatic heterocycles. The van der Waals surface area contributed by atoms with Crippen molar-refractivity contribution in [3.8, 4) is 0 Å². The zero-order chi connectivity index (χ0) is 21.5. The van der Waals surface area contributed by atoms with Crippen LogP contribution in [0.4, 0.5) is 0 Å². The van der Waals surface area contributed by atoms with Gasteiger partial charge in [-0.1, -0.05) is 49.6 Å². The highest BCUT2D eigenvalue weighted by Crippen LogP contribution is 2.20. The quantitative estimate of drug-likeness (QED) is 0.312. The number of halogens is 1. The van der Waals surface area contributed by atoms with Gasteiger partial charge in [-0.3, -0.25) is 4.90 Å². The molecule has 2 N–H and O–H groups in total. The third kappa shape index (κ3) is 6.91. The van der Waals surface area contributed by atoms with E-state index >= 15 is 0 Å². The van der Waals surface area contributed by atoms with Crippen LogP contribution in [0, 0.1) is 6.92 Å². The Bertz CT molecular complexity index is 845. The van der Waals surface area contributed by atoms with Gasteiger partial charge in [-0.15, -0.1) is 34.2 Å². The smallest absolute Gasteiger partial charge is 0.191 e. The summed E-state index contributed by atoms with van der Waals surface area (Å²) in [5.41, 5.74) is 1.39. The minimum absolute atomic E-state index is 0. The Hall–Kier alpha value is -1.68. The van der Waals surface area contributed by atoms with Crippen molar-refractivity contribution < 1.29 is 0 Å². The Kier molecular flexibility index (Phi) is 9.77. The van der Waals surface area contributed by atoms with Gasteiger partial charge in [0.25, 0.3) is 0 Å². The molecule has 176 valence electrons. The van der Waals surface area contributed by atoms with Crippen LogP contribution in [-0.4, -0.2) is 50.8 Å². The number of nitrogens with one attached hydrogen (secondary N) is 2. The van der Waals surface area contributed by atoms with Crippen LogP contribution in [-0.2, 0) is 20.1 Å². The standard InChI is InChI=1S/C24H37N7.HI/c1-19-28-29-23(30(19)2)17-26-24(27-21-12-7-4-8-13-21)25-16-22-14-9-15-31(22)18-20-10-5-3-6-11-20;/h3,5-6,10-11,21-22H,4,7-9,12-18H2,1-2H3,(H2,25,26,27);1H. The molecule has 2 aromatic rings. The first-order valence-corrected chi connectivity index (χ1v) is 11.9. The third-order valence-electron chi connectivity index (χ3n) is 6.74. The Morgan fingerprint density at radius 1 is 1.06 bits per heavy atom. The minimum Gasteiger partial charge on any atom is -0.355 e. The van der Waals surface area contributed by atoms with E-state index in [1.807, 2.05) is 18.5 Å². The zero-order valence-corrected chi connectivity index (χ0v) is 21.8. The van der Waals surface area contributed by atoms with Crippen LogP contribution >= 0.6 is 24.0 Å². The average molecular weight is 552 g/mol. The van der Waals surface area contributed by atoms with Crippen molar-refractivity contribution >= 4 is 29.9 Å². The van der Waals surface area contributed by atoms with Gasteiger partial charge in [0.15, 0.2) is 11.8 Å². The molecular weight excluding hydrogens is 513 g/mol. The topological polar surface area (TPSA) is 70.4 Å². The van der Waals surface area contributed by atoms with Gasteiger partial charge in [-0.05, 0) is 44.7 Å². The number of benzene rings is 1. The van der Waals surface area contributed by atoms with Crippen molar-refractivity contribution in [3.63, 3.8) is 0 Å². The molecule has 1 saturated heterocycles. The number of hydrogen-bond donors (Lipinski definition) is 2. The van der Waals surface area contributed by atoms with Gasteiger partial charge in [0.1, 0.15) is 12.4 Å². The molecule has 1 saturated carbocycles. The van der Waals surface area contributed by atoms with Crippen molar-refractivity contribution in [1.82, 2.24) is 30.3 Å². The third-order valence-corrected chi connectivity index (χ3v) is 6.74. The first-order chi connectivity index (χ1) is 15.2. The monoisotopic (exact) mass is 551 g/mol. The molecule has 0 amide bonds. The fourth-order valence-electron chi connectivity index (χ4n) is 4.70. The number of aromatic nitrogens is 3. The zero-order valence-electron chi connectivity index (χ0n) is 19.5. The number of rotatable bonds is 7. The summed E-state index contributed by atoms with van der Waals surface area (Å²) >= 11 is 0. The second-order valence-corrected chi connectivity index (χ2v) is 9.00. The van der Waals surface area contributed by atoms with E-state index in [-0.39, 0.29) is 24.0 Å². The highest BCUT2D eigenvalue weighted by atomic mass is 127. The van der Waals surface area contributed by atoms with E-state index in [0.717, 1.165) is 30.7 Å². The van der Waals surface area contributed by atoms with Gasteiger partial charge in [-0.25, -0.2) is 4.99 Å². The maximum absolute atomic E-state index is 4.88. The molecule has 32 heavy (non-hydrogen) atoms. The molecular formula is C24H38IN7. The number of guanidine groups is 1. The maximum Gasteiger partial charge on any atom is 0.191 e. The van der Waals surface area contributed by atoms with E-state index < -0.39 is 0 Å². The molecule has 2 aliphatic rings. The van der Waals surface area contributed by atoms with Gasteiger partial charge in [-0.2, -0.15) is 0 Å². The summed E-state index contributed by atoms with van der Waals surface area (Å²) in [6.07, 6.45) is 8.92.